The standard InChI is InChI=1S/C15H23NO/c1-10-6-11(2)8-14(7-10)17-15-5-4-13(16)9-12(15)3/h4-5,9-11,14H,6-8,16H2,1-3H3. The molecule has 2 heteroatoms. The van der Waals surface area contributed by atoms with Crippen LogP contribution in [-0.2, 0) is 0 Å². The monoisotopic (exact) mass is 233 g/mol. The minimum atomic E-state index is 0.371. The Kier molecular flexibility index (Phi) is 3.60. The first-order valence-corrected chi connectivity index (χ1v) is 6.57. The van der Waals surface area contributed by atoms with E-state index >= 15 is 0 Å². The molecule has 1 saturated carbocycles. The topological polar surface area (TPSA) is 35.2 Å². The molecule has 1 aliphatic carbocycles. The van der Waals surface area contributed by atoms with Gasteiger partial charge in [-0.2, -0.15) is 0 Å². The van der Waals surface area contributed by atoms with E-state index in [1.165, 1.54) is 19.3 Å². The van der Waals surface area contributed by atoms with E-state index < -0.39 is 0 Å². The van der Waals surface area contributed by atoms with Gasteiger partial charge in [0.1, 0.15) is 5.75 Å². The summed E-state index contributed by atoms with van der Waals surface area (Å²) >= 11 is 0. The van der Waals surface area contributed by atoms with Crippen molar-refractivity contribution in [3.05, 3.63) is 23.8 Å². The van der Waals surface area contributed by atoms with Gasteiger partial charge in [-0.15, -0.1) is 0 Å². The van der Waals surface area contributed by atoms with Crippen molar-refractivity contribution in [3.63, 3.8) is 0 Å². The predicted molar refractivity (Wildman–Crippen MR) is 72.2 cm³/mol. The van der Waals surface area contributed by atoms with E-state index in [2.05, 4.69) is 20.8 Å². The maximum atomic E-state index is 6.13. The molecule has 0 amide bonds. The Labute approximate surface area is 104 Å². The summed E-state index contributed by atoms with van der Waals surface area (Å²) in [6, 6.07) is 5.89. The second-order valence-corrected chi connectivity index (χ2v) is 5.68. The number of anilines is 1. The zero-order valence-electron chi connectivity index (χ0n) is 11.1. The summed E-state index contributed by atoms with van der Waals surface area (Å²) in [5.41, 5.74) is 7.69. The summed E-state index contributed by atoms with van der Waals surface area (Å²) in [6.45, 7) is 6.70. The van der Waals surface area contributed by atoms with Gasteiger partial charge in [-0.3, -0.25) is 0 Å². The van der Waals surface area contributed by atoms with Crippen molar-refractivity contribution < 1.29 is 4.74 Å². The highest BCUT2D eigenvalue weighted by Crippen LogP contribution is 2.32. The number of hydrogen-bond acceptors (Lipinski definition) is 2. The minimum absolute atomic E-state index is 0.371. The molecule has 1 aromatic carbocycles. The van der Waals surface area contributed by atoms with E-state index in [1.54, 1.807) is 0 Å². The van der Waals surface area contributed by atoms with Crippen molar-refractivity contribution in [3.8, 4) is 5.75 Å². The van der Waals surface area contributed by atoms with Crippen LogP contribution in [0.3, 0.4) is 0 Å². The fourth-order valence-corrected chi connectivity index (χ4v) is 2.95. The Hall–Kier alpha value is -1.18. The summed E-state index contributed by atoms with van der Waals surface area (Å²) in [7, 11) is 0. The molecule has 1 aliphatic rings. The lowest BCUT2D eigenvalue weighted by Crippen LogP contribution is -2.28. The average Bonchev–Trinajstić information content (AvgIpc) is 2.21. The van der Waals surface area contributed by atoms with Gasteiger partial charge in [0.2, 0.25) is 0 Å². The quantitative estimate of drug-likeness (QED) is 0.789. The van der Waals surface area contributed by atoms with E-state index in [0.717, 1.165) is 28.8 Å². The third-order valence-corrected chi connectivity index (χ3v) is 3.63. The smallest absolute Gasteiger partial charge is 0.122 e. The van der Waals surface area contributed by atoms with Gasteiger partial charge < -0.3 is 10.5 Å². The largest absolute Gasteiger partial charge is 0.490 e. The normalized spacial score (nSPS) is 29.0. The summed E-state index contributed by atoms with van der Waals surface area (Å²) in [6.07, 6.45) is 4.05. The Morgan fingerprint density at radius 3 is 2.35 bits per heavy atom. The molecule has 1 aromatic rings. The van der Waals surface area contributed by atoms with Crippen LogP contribution in [0.1, 0.15) is 38.7 Å². The van der Waals surface area contributed by atoms with Gasteiger partial charge in [-0.1, -0.05) is 13.8 Å². The maximum Gasteiger partial charge on any atom is 0.122 e. The molecule has 0 heterocycles. The summed E-state index contributed by atoms with van der Waals surface area (Å²) in [5.74, 6) is 2.54. The van der Waals surface area contributed by atoms with E-state index in [9.17, 15) is 0 Å². The molecule has 0 radical (unpaired) electrons. The highest BCUT2D eigenvalue weighted by molar-refractivity contribution is 5.47. The highest BCUT2D eigenvalue weighted by atomic mass is 16.5. The molecule has 17 heavy (non-hydrogen) atoms. The number of nitrogen functional groups attached to an aromatic ring is 1. The van der Waals surface area contributed by atoms with Gasteiger partial charge in [-0.25, -0.2) is 0 Å². The van der Waals surface area contributed by atoms with E-state index in [4.69, 9.17) is 10.5 Å². The van der Waals surface area contributed by atoms with Gasteiger partial charge in [-0.05, 0) is 61.8 Å². The van der Waals surface area contributed by atoms with Crippen molar-refractivity contribution in [2.24, 2.45) is 11.8 Å². The van der Waals surface area contributed by atoms with Gasteiger partial charge in [0.15, 0.2) is 0 Å². The molecule has 1 fully saturated rings. The molecule has 0 spiro atoms. The van der Waals surface area contributed by atoms with Crippen LogP contribution in [0.15, 0.2) is 18.2 Å². The fraction of sp³-hybridized carbons (Fsp3) is 0.600. The van der Waals surface area contributed by atoms with E-state index in [-0.39, 0.29) is 0 Å². The molecule has 2 atom stereocenters. The Morgan fingerprint density at radius 2 is 1.76 bits per heavy atom. The van der Waals surface area contributed by atoms with Crippen LogP contribution in [0.2, 0.25) is 0 Å². The molecular weight excluding hydrogens is 210 g/mol. The molecule has 2 rings (SSSR count). The molecule has 2 unspecified atom stereocenters. The zero-order valence-corrected chi connectivity index (χ0v) is 11.1. The van der Waals surface area contributed by atoms with Crippen LogP contribution in [-0.4, -0.2) is 6.10 Å². The summed E-state index contributed by atoms with van der Waals surface area (Å²) in [5, 5.41) is 0. The first-order valence-electron chi connectivity index (χ1n) is 6.57. The number of benzene rings is 1. The number of hydrogen-bond donors (Lipinski definition) is 1. The molecule has 0 saturated heterocycles. The van der Waals surface area contributed by atoms with Crippen molar-refractivity contribution in [2.75, 3.05) is 5.73 Å². The molecular formula is C15H23NO. The van der Waals surface area contributed by atoms with Crippen LogP contribution < -0.4 is 10.5 Å². The molecule has 0 aromatic heterocycles. The highest BCUT2D eigenvalue weighted by Gasteiger charge is 2.25. The minimum Gasteiger partial charge on any atom is -0.490 e. The van der Waals surface area contributed by atoms with Crippen LogP contribution in [0.25, 0.3) is 0 Å². The van der Waals surface area contributed by atoms with Crippen molar-refractivity contribution in [1.29, 1.82) is 0 Å². The second kappa shape index (κ2) is 4.99. The van der Waals surface area contributed by atoms with Crippen LogP contribution >= 0.6 is 0 Å². The van der Waals surface area contributed by atoms with Crippen molar-refractivity contribution in [1.82, 2.24) is 0 Å². The van der Waals surface area contributed by atoms with Crippen LogP contribution in [0, 0.1) is 18.8 Å². The first kappa shape index (κ1) is 12.3. The molecule has 0 aliphatic heterocycles. The fourth-order valence-electron chi connectivity index (χ4n) is 2.95. The number of aryl methyl sites for hydroxylation is 1. The second-order valence-electron chi connectivity index (χ2n) is 5.68. The first-order chi connectivity index (χ1) is 8.04. The van der Waals surface area contributed by atoms with Gasteiger partial charge >= 0.3 is 0 Å². The third-order valence-electron chi connectivity index (χ3n) is 3.63. The van der Waals surface area contributed by atoms with Crippen LogP contribution in [0.5, 0.6) is 5.75 Å². The predicted octanol–water partition coefficient (Wildman–Crippen LogP) is 3.78. The van der Waals surface area contributed by atoms with Crippen molar-refractivity contribution in [2.45, 2.75) is 46.1 Å². The molecule has 2 N–H and O–H groups in total. The lowest BCUT2D eigenvalue weighted by atomic mass is 9.82. The van der Waals surface area contributed by atoms with Gasteiger partial charge in [0, 0.05) is 5.69 Å². The molecule has 94 valence electrons. The Bertz CT molecular complexity index is 379. The number of nitrogens with two attached hydrogens (primary N) is 1. The maximum absolute atomic E-state index is 6.13. The SMILES string of the molecule is Cc1cc(N)ccc1OC1CC(C)CC(C)C1. The number of rotatable bonds is 2. The lowest BCUT2D eigenvalue weighted by molar-refractivity contribution is 0.100. The number of ether oxygens (including phenoxy) is 1. The third kappa shape index (κ3) is 3.15. The Balaban J connectivity index is 2.04. The van der Waals surface area contributed by atoms with E-state index in [1.807, 2.05) is 18.2 Å². The van der Waals surface area contributed by atoms with Crippen LogP contribution in [0.4, 0.5) is 5.69 Å². The van der Waals surface area contributed by atoms with Gasteiger partial charge in [0.25, 0.3) is 0 Å². The lowest BCUT2D eigenvalue weighted by Gasteiger charge is -2.32. The summed E-state index contributed by atoms with van der Waals surface area (Å²) < 4.78 is 6.13. The molecule has 2 nitrogen and oxygen atoms in total. The molecule has 0 bridgehead atoms. The van der Waals surface area contributed by atoms with Gasteiger partial charge in [0.05, 0.1) is 6.10 Å². The summed E-state index contributed by atoms with van der Waals surface area (Å²) in [4.78, 5) is 0. The van der Waals surface area contributed by atoms with Crippen molar-refractivity contribution >= 4 is 5.69 Å². The van der Waals surface area contributed by atoms with E-state index in [0.29, 0.717) is 6.10 Å². The Morgan fingerprint density at radius 1 is 1.12 bits per heavy atom. The zero-order chi connectivity index (χ0) is 12.4. The average molecular weight is 233 g/mol.